The van der Waals surface area contributed by atoms with E-state index in [2.05, 4.69) is 21.3 Å². The summed E-state index contributed by atoms with van der Waals surface area (Å²) in [7, 11) is 0. The molecule has 0 aliphatic carbocycles. The molecule has 0 atom stereocenters. The second kappa shape index (κ2) is 7.52. The SMILES string of the molecule is Cc1cc(C)cc(-n2ncc3c(=O)n(Cc4cc(-c5ccc(Cl)cc5)no4)cnc32)c1. The van der Waals surface area contributed by atoms with Gasteiger partial charge < -0.3 is 4.52 Å². The average molecular weight is 432 g/mol. The number of benzene rings is 2. The monoisotopic (exact) mass is 431 g/mol. The highest BCUT2D eigenvalue weighted by Crippen LogP contribution is 2.22. The third-order valence-electron chi connectivity index (χ3n) is 5.03. The molecule has 0 saturated carbocycles. The van der Waals surface area contributed by atoms with Crippen LogP contribution >= 0.6 is 11.6 Å². The fourth-order valence-electron chi connectivity index (χ4n) is 3.64. The summed E-state index contributed by atoms with van der Waals surface area (Å²) in [5.74, 6) is 0.551. The van der Waals surface area contributed by atoms with Crippen molar-refractivity contribution in [2.45, 2.75) is 20.4 Å². The molecule has 2 aromatic carbocycles. The summed E-state index contributed by atoms with van der Waals surface area (Å²) in [6.07, 6.45) is 3.06. The van der Waals surface area contributed by atoms with Crippen LogP contribution in [0.25, 0.3) is 28.0 Å². The highest BCUT2D eigenvalue weighted by molar-refractivity contribution is 6.30. The predicted molar refractivity (Wildman–Crippen MR) is 119 cm³/mol. The van der Waals surface area contributed by atoms with Crippen LogP contribution in [0.4, 0.5) is 0 Å². The number of hydrogen-bond acceptors (Lipinski definition) is 5. The average Bonchev–Trinajstić information content (AvgIpc) is 3.37. The van der Waals surface area contributed by atoms with E-state index in [4.69, 9.17) is 16.1 Å². The first-order chi connectivity index (χ1) is 15.0. The van der Waals surface area contributed by atoms with Crippen LogP contribution < -0.4 is 5.56 Å². The molecule has 0 amide bonds. The smallest absolute Gasteiger partial charge is 0.264 e. The molecule has 154 valence electrons. The van der Waals surface area contributed by atoms with E-state index in [0.29, 0.717) is 27.5 Å². The lowest BCUT2D eigenvalue weighted by Crippen LogP contribution is -2.20. The Morgan fingerprint density at radius 3 is 2.52 bits per heavy atom. The number of nitrogens with zero attached hydrogens (tertiary/aromatic N) is 5. The van der Waals surface area contributed by atoms with Gasteiger partial charge in [0.05, 0.1) is 18.4 Å². The Labute approximate surface area is 182 Å². The predicted octanol–water partition coefficient (Wildman–Crippen LogP) is 4.56. The molecule has 3 aromatic heterocycles. The van der Waals surface area contributed by atoms with Crippen molar-refractivity contribution < 1.29 is 4.52 Å². The van der Waals surface area contributed by atoms with Crippen LogP contribution in [0.5, 0.6) is 0 Å². The fraction of sp³-hybridized carbons (Fsp3) is 0.130. The van der Waals surface area contributed by atoms with E-state index in [1.807, 2.05) is 38.1 Å². The topological polar surface area (TPSA) is 78.7 Å². The van der Waals surface area contributed by atoms with Gasteiger partial charge in [-0.15, -0.1) is 0 Å². The minimum atomic E-state index is -0.190. The van der Waals surface area contributed by atoms with E-state index >= 15 is 0 Å². The molecule has 0 aliphatic heterocycles. The standard InChI is InChI=1S/C23H18ClN5O2/c1-14-7-15(2)9-18(8-14)29-22-20(11-26-29)23(30)28(13-25-22)12-19-10-21(27-31-19)16-3-5-17(24)6-4-16/h3-11,13H,12H2,1-2H3. The van der Waals surface area contributed by atoms with E-state index in [-0.39, 0.29) is 12.1 Å². The molecular weight excluding hydrogens is 414 g/mol. The molecule has 0 spiro atoms. The summed E-state index contributed by atoms with van der Waals surface area (Å²) < 4.78 is 8.61. The highest BCUT2D eigenvalue weighted by Gasteiger charge is 2.14. The first-order valence-electron chi connectivity index (χ1n) is 9.71. The van der Waals surface area contributed by atoms with Gasteiger partial charge in [0.2, 0.25) is 0 Å². The van der Waals surface area contributed by atoms with Gasteiger partial charge in [0.25, 0.3) is 5.56 Å². The molecule has 0 unspecified atom stereocenters. The Kier molecular flexibility index (Phi) is 4.67. The zero-order chi connectivity index (χ0) is 21.5. The molecule has 0 N–H and O–H groups in total. The number of rotatable bonds is 4. The lowest BCUT2D eigenvalue weighted by molar-refractivity contribution is 0.376. The quantitative estimate of drug-likeness (QED) is 0.417. The van der Waals surface area contributed by atoms with Crippen molar-refractivity contribution in [3.8, 4) is 16.9 Å². The highest BCUT2D eigenvalue weighted by atomic mass is 35.5. The number of hydrogen-bond donors (Lipinski definition) is 0. The van der Waals surface area contributed by atoms with Crippen molar-refractivity contribution in [3.05, 3.63) is 93.3 Å². The summed E-state index contributed by atoms with van der Waals surface area (Å²) in [6.45, 7) is 4.27. The van der Waals surface area contributed by atoms with E-state index < -0.39 is 0 Å². The number of aromatic nitrogens is 5. The maximum absolute atomic E-state index is 13.0. The van der Waals surface area contributed by atoms with Crippen molar-refractivity contribution in [2.24, 2.45) is 0 Å². The second-order valence-electron chi connectivity index (χ2n) is 7.50. The lowest BCUT2D eigenvalue weighted by atomic mass is 10.1. The molecule has 0 saturated heterocycles. The minimum absolute atomic E-state index is 0.190. The van der Waals surface area contributed by atoms with Crippen LogP contribution in [0.2, 0.25) is 5.02 Å². The Hall–Kier alpha value is -3.71. The van der Waals surface area contributed by atoms with Crippen molar-refractivity contribution in [2.75, 3.05) is 0 Å². The van der Waals surface area contributed by atoms with Crippen molar-refractivity contribution in [3.63, 3.8) is 0 Å². The Balaban J connectivity index is 1.47. The molecule has 0 aliphatic rings. The van der Waals surface area contributed by atoms with Gasteiger partial charge in [-0.25, -0.2) is 9.67 Å². The van der Waals surface area contributed by atoms with Crippen molar-refractivity contribution in [1.29, 1.82) is 0 Å². The van der Waals surface area contributed by atoms with Gasteiger partial charge >= 0.3 is 0 Å². The number of fused-ring (bicyclic) bond motifs is 1. The number of aryl methyl sites for hydroxylation is 2. The molecule has 3 heterocycles. The summed E-state index contributed by atoms with van der Waals surface area (Å²) in [5.41, 5.74) is 5.00. The molecule has 5 rings (SSSR count). The Morgan fingerprint density at radius 2 is 1.77 bits per heavy atom. The van der Waals surface area contributed by atoms with Crippen LogP contribution in [-0.2, 0) is 6.54 Å². The van der Waals surface area contributed by atoms with Gasteiger partial charge in [0.1, 0.15) is 17.4 Å². The van der Waals surface area contributed by atoms with Crippen molar-refractivity contribution >= 4 is 22.6 Å². The summed E-state index contributed by atoms with van der Waals surface area (Å²) in [4.78, 5) is 17.5. The molecule has 0 fully saturated rings. The zero-order valence-electron chi connectivity index (χ0n) is 16.9. The second-order valence-corrected chi connectivity index (χ2v) is 7.94. The van der Waals surface area contributed by atoms with E-state index in [1.54, 1.807) is 29.1 Å². The van der Waals surface area contributed by atoms with Crippen LogP contribution in [0.3, 0.4) is 0 Å². The van der Waals surface area contributed by atoms with E-state index in [9.17, 15) is 4.79 Å². The van der Waals surface area contributed by atoms with Gasteiger partial charge in [-0.1, -0.05) is 35.0 Å². The third-order valence-corrected chi connectivity index (χ3v) is 5.28. The van der Waals surface area contributed by atoms with Crippen LogP contribution in [-0.4, -0.2) is 24.5 Å². The molecular formula is C23H18ClN5O2. The van der Waals surface area contributed by atoms with Gasteiger partial charge in [-0.05, 0) is 49.2 Å². The van der Waals surface area contributed by atoms with Gasteiger partial charge in [-0.2, -0.15) is 5.10 Å². The summed E-state index contributed by atoms with van der Waals surface area (Å²) in [6, 6.07) is 15.2. The molecule has 0 radical (unpaired) electrons. The summed E-state index contributed by atoms with van der Waals surface area (Å²) in [5, 5.41) is 9.59. The van der Waals surface area contributed by atoms with Crippen LogP contribution in [0.15, 0.2) is 70.4 Å². The van der Waals surface area contributed by atoms with Crippen molar-refractivity contribution in [1.82, 2.24) is 24.5 Å². The molecule has 31 heavy (non-hydrogen) atoms. The fourth-order valence-corrected chi connectivity index (χ4v) is 3.76. The Morgan fingerprint density at radius 1 is 1.03 bits per heavy atom. The maximum Gasteiger partial charge on any atom is 0.264 e. The van der Waals surface area contributed by atoms with Crippen LogP contribution in [0.1, 0.15) is 16.9 Å². The normalized spacial score (nSPS) is 11.3. The number of halogens is 1. The van der Waals surface area contributed by atoms with Gasteiger partial charge in [0, 0.05) is 16.7 Å². The molecule has 8 heteroatoms. The minimum Gasteiger partial charge on any atom is -0.359 e. The van der Waals surface area contributed by atoms with E-state index in [0.717, 1.165) is 22.4 Å². The van der Waals surface area contributed by atoms with Gasteiger partial charge in [-0.3, -0.25) is 9.36 Å². The summed E-state index contributed by atoms with van der Waals surface area (Å²) >= 11 is 5.94. The first-order valence-corrected chi connectivity index (χ1v) is 10.1. The molecule has 5 aromatic rings. The first kappa shape index (κ1) is 19.3. The molecule has 7 nitrogen and oxygen atoms in total. The van der Waals surface area contributed by atoms with Crippen LogP contribution in [0, 0.1) is 13.8 Å². The van der Waals surface area contributed by atoms with E-state index in [1.165, 1.54) is 10.9 Å². The third kappa shape index (κ3) is 3.64. The lowest BCUT2D eigenvalue weighted by Gasteiger charge is -2.07. The Bertz CT molecular complexity index is 1440. The van der Waals surface area contributed by atoms with Gasteiger partial charge in [0.15, 0.2) is 11.4 Å². The maximum atomic E-state index is 13.0. The zero-order valence-corrected chi connectivity index (χ0v) is 17.7. The molecule has 0 bridgehead atoms. The largest absolute Gasteiger partial charge is 0.359 e.